The number of aryl methyl sites for hydroxylation is 1. The molecule has 0 atom stereocenters. The second-order valence-corrected chi connectivity index (χ2v) is 8.81. The van der Waals surface area contributed by atoms with E-state index in [1.54, 1.807) is 24.1 Å². The number of hydrogen-bond donors (Lipinski definition) is 0. The molecular weight excluding hydrogens is 472 g/mol. The number of likely N-dealkylation sites (N-methyl/N-ethyl adjacent to an activating group) is 1. The van der Waals surface area contributed by atoms with Crippen molar-refractivity contribution in [1.82, 2.24) is 4.90 Å². The molecule has 4 nitrogen and oxygen atoms in total. The molecule has 1 aliphatic rings. The summed E-state index contributed by atoms with van der Waals surface area (Å²) in [6, 6.07) is 17.2. The number of carbonyl (C=O) groups excluding carboxylic acids is 1. The third kappa shape index (κ3) is 4.34. The second-order valence-electron chi connectivity index (χ2n) is 6.54. The summed E-state index contributed by atoms with van der Waals surface area (Å²) in [6.45, 7) is 2.03. The number of halogens is 2. The van der Waals surface area contributed by atoms with Crippen LogP contribution in [0.4, 0.5) is 5.69 Å². The van der Waals surface area contributed by atoms with Crippen molar-refractivity contribution >= 4 is 62.1 Å². The minimum atomic E-state index is -0.104. The third-order valence-electron chi connectivity index (χ3n) is 4.37. The first-order valence-corrected chi connectivity index (χ1v) is 10.8. The van der Waals surface area contributed by atoms with Gasteiger partial charge >= 0.3 is 0 Å². The Kier molecular flexibility index (Phi) is 5.67. The highest BCUT2D eigenvalue weighted by atomic mass is 79.9. The zero-order valence-electron chi connectivity index (χ0n) is 15.6. The fourth-order valence-corrected chi connectivity index (χ4v) is 4.21. The Morgan fingerprint density at radius 3 is 2.62 bits per heavy atom. The summed E-state index contributed by atoms with van der Waals surface area (Å²) in [7, 11) is 1.72. The number of hydrogen-bond acceptors (Lipinski definition) is 4. The molecule has 2 heterocycles. The van der Waals surface area contributed by atoms with Gasteiger partial charge in [0.2, 0.25) is 0 Å². The van der Waals surface area contributed by atoms with Gasteiger partial charge in [-0.1, -0.05) is 29.3 Å². The van der Waals surface area contributed by atoms with Crippen molar-refractivity contribution in [3.63, 3.8) is 0 Å². The van der Waals surface area contributed by atoms with Crippen LogP contribution in [0.1, 0.15) is 11.3 Å². The van der Waals surface area contributed by atoms with Crippen LogP contribution < -0.4 is 0 Å². The van der Waals surface area contributed by atoms with Crippen LogP contribution in [0.15, 0.2) is 73.4 Å². The van der Waals surface area contributed by atoms with Crippen LogP contribution in [0.25, 0.3) is 17.4 Å². The van der Waals surface area contributed by atoms with Crippen LogP contribution in [0.3, 0.4) is 0 Å². The van der Waals surface area contributed by atoms with E-state index in [4.69, 9.17) is 16.0 Å². The fraction of sp³-hybridized carbons (Fsp3) is 0.0909. The van der Waals surface area contributed by atoms with Crippen LogP contribution >= 0.6 is 39.3 Å². The molecule has 7 heteroatoms. The lowest BCUT2D eigenvalue weighted by Crippen LogP contribution is -2.23. The summed E-state index contributed by atoms with van der Waals surface area (Å²) in [6.07, 6.45) is 1.75. The fourth-order valence-electron chi connectivity index (χ4n) is 2.75. The molecule has 0 spiro atoms. The number of amidine groups is 1. The van der Waals surface area contributed by atoms with E-state index in [2.05, 4.69) is 20.9 Å². The van der Waals surface area contributed by atoms with Gasteiger partial charge in [0.1, 0.15) is 11.5 Å². The van der Waals surface area contributed by atoms with Crippen molar-refractivity contribution in [3.8, 4) is 11.3 Å². The lowest BCUT2D eigenvalue weighted by molar-refractivity contribution is -0.121. The topological polar surface area (TPSA) is 45.8 Å². The van der Waals surface area contributed by atoms with E-state index < -0.39 is 0 Å². The summed E-state index contributed by atoms with van der Waals surface area (Å²) in [5.74, 6) is 1.20. The van der Waals surface area contributed by atoms with Crippen molar-refractivity contribution in [2.24, 2.45) is 4.99 Å². The summed E-state index contributed by atoms with van der Waals surface area (Å²) in [5, 5.41) is 1.28. The van der Waals surface area contributed by atoms with Crippen molar-refractivity contribution < 1.29 is 9.21 Å². The van der Waals surface area contributed by atoms with Crippen molar-refractivity contribution in [1.29, 1.82) is 0 Å². The standard InChI is InChI=1S/C22H16BrClN2O2S/c1-13-3-6-15(7-4-13)25-22-26(2)21(27)20(29-22)12-16-8-10-19(28-16)14-5-9-18(24)17(23)11-14/h3-12H,1-2H3/b20-12+,25-22?. The molecule has 0 radical (unpaired) electrons. The zero-order chi connectivity index (χ0) is 20.5. The molecule has 0 saturated carbocycles. The largest absolute Gasteiger partial charge is 0.457 e. The Balaban J connectivity index is 1.58. The summed E-state index contributed by atoms with van der Waals surface area (Å²) in [5.41, 5.74) is 2.88. The Morgan fingerprint density at radius 1 is 1.14 bits per heavy atom. The van der Waals surface area contributed by atoms with E-state index in [9.17, 15) is 4.79 Å². The zero-order valence-corrected chi connectivity index (χ0v) is 18.8. The average molecular weight is 488 g/mol. The van der Waals surface area contributed by atoms with Crippen molar-refractivity contribution in [2.75, 3.05) is 7.05 Å². The Bertz CT molecular complexity index is 1150. The molecule has 29 heavy (non-hydrogen) atoms. The molecular formula is C22H16BrClN2O2S. The summed E-state index contributed by atoms with van der Waals surface area (Å²) in [4.78, 5) is 19.3. The van der Waals surface area contributed by atoms with Gasteiger partial charge in [-0.3, -0.25) is 9.69 Å². The molecule has 0 unspecified atom stereocenters. The van der Waals surface area contributed by atoms with Gasteiger partial charge < -0.3 is 4.42 Å². The Hall–Kier alpha value is -2.28. The Morgan fingerprint density at radius 2 is 1.90 bits per heavy atom. The molecule has 1 aromatic heterocycles. The minimum Gasteiger partial charge on any atom is -0.457 e. The maximum Gasteiger partial charge on any atom is 0.266 e. The number of furan rings is 1. The SMILES string of the molecule is Cc1ccc(N=C2S/C(=C/c3ccc(-c4ccc(Cl)c(Br)c4)o3)C(=O)N2C)cc1. The number of carbonyl (C=O) groups is 1. The molecule has 1 saturated heterocycles. The van der Waals surface area contributed by atoms with Crippen LogP contribution in [-0.4, -0.2) is 23.0 Å². The predicted octanol–water partition coefficient (Wildman–Crippen LogP) is 6.90. The van der Waals surface area contributed by atoms with E-state index in [-0.39, 0.29) is 5.91 Å². The molecule has 2 aromatic carbocycles. The normalized spacial score (nSPS) is 17.0. The van der Waals surface area contributed by atoms with Crippen molar-refractivity contribution in [3.05, 3.63) is 80.3 Å². The van der Waals surface area contributed by atoms with Crippen LogP contribution in [0.5, 0.6) is 0 Å². The van der Waals surface area contributed by atoms with Crippen molar-refractivity contribution in [2.45, 2.75) is 6.92 Å². The number of nitrogens with zero attached hydrogens (tertiary/aromatic N) is 2. The second kappa shape index (κ2) is 8.22. The first kappa shape index (κ1) is 20.0. The molecule has 1 aliphatic heterocycles. The van der Waals surface area contributed by atoms with E-state index in [1.165, 1.54) is 17.3 Å². The first-order chi connectivity index (χ1) is 13.9. The molecule has 4 rings (SSSR count). The van der Waals surface area contributed by atoms with Crippen LogP contribution in [-0.2, 0) is 4.79 Å². The van der Waals surface area contributed by atoms with Gasteiger partial charge in [-0.15, -0.1) is 0 Å². The van der Waals surface area contributed by atoms with Gasteiger partial charge in [-0.25, -0.2) is 4.99 Å². The number of thioether (sulfide) groups is 1. The van der Waals surface area contributed by atoms with E-state index in [1.807, 2.05) is 55.5 Å². The molecule has 1 fully saturated rings. The van der Waals surface area contributed by atoms with Gasteiger partial charge in [0, 0.05) is 23.2 Å². The minimum absolute atomic E-state index is 0.104. The molecule has 0 N–H and O–H groups in total. The number of aliphatic imine (C=N–C) groups is 1. The summed E-state index contributed by atoms with van der Waals surface area (Å²) >= 11 is 10.8. The molecule has 0 aliphatic carbocycles. The molecule has 3 aromatic rings. The lowest BCUT2D eigenvalue weighted by Gasteiger charge is -2.07. The monoisotopic (exact) mass is 486 g/mol. The van der Waals surface area contributed by atoms with Gasteiger partial charge in [-0.05, 0) is 77.1 Å². The maximum atomic E-state index is 12.6. The smallest absolute Gasteiger partial charge is 0.266 e. The number of amides is 1. The molecule has 0 bridgehead atoms. The predicted molar refractivity (Wildman–Crippen MR) is 123 cm³/mol. The van der Waals surface area contributed by atoms with Gasteiger partial charge in [0.15, 0.2) is 5.17 Å². The van der Waals surface area contributed by atoms with Crippen LogP contribution in [0.2, 0.25) is 5.02 Å². The highest BCUT2D eigenvalue weighted by molar-refractivity contribution is 9.10. The first-order valence-electron chi connectivity index (χ1n) is 8.79. The van der Waals surface area contributed by atoms with E-state index >= 15 is 0 Å². The quantitative estimate of drug-likeness (QED) is 0.377. The Labute approximate surface area is 186 Å². The third-order valence-corrected chi connectivity index (χ3v) is 6.64. The maximum absolute atomic E-state index is 12.6. The highest BCUT2D eigenvalue weighted by Gasteiger charge is 2.30. The van der Waals surface area contributed by atoms with Crippen LogP contribution in [0, 0.1) is 6.92 Å². The highest BCUT2D eigenvalue weighted by Crippen LogP contribution is 2.35. The number of rotatable bonds is 3. The summed E-state index contributed by atoms with van der Waals surface area (Å²) < 4.78 is 6.71. The number of benzene rings is 2. The van der Waals surface area contributed by atoms with Gasteiger partial charge in [-0.2, -0.15) is 0 Å². The molecule has 146 valence electrons. The molecule has 1 amide bonds. The average Bonchev–Trinajstić information content (AvgIpc) is 3.27. The van der Waals surface area contributed by atoms with E-state index in [0.717, 1.165) is 15.7 Å². The van der Waals surface area contributed by atoms with E-state index in [0.29, 0.717) is 26.6 Å². The van der Waals surface area contributed by atoms with Gasteiger partial charge in [0.05, 0.1) is 15.6 Å². The van der Waals surface area contributed by atoms with Gasteiger partial charge in [0.25, 0.3) is 5.91 Å². The lowest BCUT2D eigenvalue weighted by atomic mass is 10.2.